The van der Waals surface area contributed by atoms with Gasteiger partial charge in [0, 0.05) is 13.7 Å². The predicted octanol–water partition coefficient (Wildman–Crippen LogP) is 1.38. The van der Waals surface area contributed by atoms with E-state index < -0.39 is 0 Å². The Morgan fingerprint density at radius 3 is 2.86 bits per heavy atom. The van der Waals surface area contributed by atoms with Crippen LogP contribution >= 0.6 is 0 Å². The summed E-state index contributed by atoms with van der Waals surface area (Å²) in [5.74, 6) is 0.750. The molecule has 1 heteroatoms. The molecule has 0 aromatic carbocycles. The smallest absolute Gasteiger partial charge is 0.0204 e. The highest BCUT2D eigenvalue weighted by Crippen LogP contribution is 2.05. The zero-order valence-corrected chi connectivity index (χ0v) is 4.86. The average molecular weight is 99.2 g/mol. The summed E-state index contributed by atoms with van der Waals surface area (Å²) in [6, 6.07) is 0. The molecule has 0 bridgehead atoms. The minimum atomic E-state index is 0. The second kappa shape index (κ2) is 1.57. The molecule has 0 fully saturated rings. The van der Waals surface area contributed by atoms with Crippen molar-refractivity contribution in [3.8, 4) is 0 Å². The van der Waals surface area contributed by atoms with E-state index in [1.165, 1.54) is 5.70 Å². The van der Waals surface area contributed by atoms with Crippen LogP contribution in [-0.4, -0.2) is 6.54 Å². The van der Waals surface area contributed by atoms with Gasteiger partial charge in [0.05, 0.1) is 0 Å². The van der Waals surface area contributed by atoms with E-state index in [-0.39, 0.29) is 1.43 Å². The van der Waals surface area contributed by atoms with Gasteiger partial charge in [0.2, 0.25) is 0 Å². The third-order valence-electron chi connectivity index (χ3n) is 1.24. The van der Waals surface area contributed by atoms with Gasteiger partial charge in [0.15, 0.2) is 0 Å². The lowest BCUT2D eigenvalue weighted by molar-refractivity contribution is 0.715. The number of allylic oxidation sites excluding steroid dienone is 1. The maximum Gasteiger partial charge on any atom is 0.0204 e. The maximum atomic E-state index is 3.23. The van der Waals surface area contributed by atoms with Crippen LogP contribution in [0.15, 0.2) is 11.8 Å². The first kappa shape index (κ1) is 4.69. The third kappa shape index (κ3) is 0.952. The van der Waals surface area contributed by atoms with E-state index in [1.807, 2.05) is 0 Å². The van der Waals surface area contributed by atoms with E-state index in [0.717, 1.165) is 12.5 Å². The zero-order valence-electron chi connectivity index (χ0n) is 4.86. The normalized spacial score (nSPS) is 29.4. The predicted molar refractivity (Wildman–Crippen MR) is 33.0 cm³/mol. The molecule has 7 heavy (non-hydrogen) atoms. The molecular formula is C6H13N. The second-order valence-electron chi connectivity index (χ2n) is 2.21. The fraction of sp³-hybridized carbons (Fsp3) is 0.667. The molecule has 1 heterocycles. The van der Waals surface area contributed by atoms with Crippen molar-refractivity contribution in [2.24, 2.45) is 5.92 Å². The Labute approximate surface area is 45.9 Å². The summed E-state index contributed by atoms with van der Waals surface area (Å²) in [6.45, 7) is 5.44. The van der Waals surface area contributed by atoms with E-state index in [2.05, 4.69) is 25.2 Å². The van der Waals surface area contributed by atoms with Crippen molar-refractivity contribution in [1.29, 1.82) is 0 Å². The van der Waals surface area contributed by atoms with Crippen molar-refractivity contribution in [2.75, 3.05) is 6.54 Å². The molecule has 0 amide bonds. The lowest BCUT2D eigenvalue weighted by atomic mass is 10.2. The summed E-state index contributed by atoms with van der Waals surface area (Å²) in [4.78, 5) is 0. The molecule has 1 atom stereocenters. The Balaban J connectivity index is 0.000000490. The summed E-state index contributed by atoms with van der Waals surface area (Å²) in [5, 5.41) is 3.23. The van der Waals surface area contributed by atoms with Gasteiger partial charge >= 0.3 is 0 Å². The monoisotopic (exact) mass is 99.1 g/mol. The van der Waals surface area contributed by atoms with Crippen molar-refractivity contribution >= 4 is 0 Å². The van der Waals surface area contributed by atoms with Crippen molar-refractivity contribution in [3.05, 3.63) is 11.8 Å². The van der Waals surface area contributed by atoms with Gasteiger partial charge in [0.1, 0.15) is 0 Å². The summed E-state index contributed by atoms with van der Waals surface area (Å²) in [7, 11) is 0. The molecule has 1 aliphatic heterocycles. The van der Waals surface area contributed by atoms with Crippen LogP contribution in [-0.2, 0) is 0 Å². The number of nitrogens with one attached hydrogen (secondary N) is 1. The van der Waals surface area contributed by atoms with Crippen LogP contribution in [0, 0.1) is 5.92 Å². The quantitative estimate of drug-likeness (QED) is 0.483. The SMILES string of the molecule is CC1=CC(C)CN1.[HH]. The van der Waals surface area contributed by atoms with E-state index in [0.29, 0.717) is 0 Å². The second-order valence-corrected chi connectivity index (χ2v) is 2.21. The van der Waals surface area contributed by atoms with E-state index >= 15 is 0 Å². The van der Waals surface area contributed by atoms with Crippen molar-refractivity contribution in [3.63, 3.8) is 0 Å². The van der Waals surface area contributed by atoms with E-state index in [9.17, 15) is 0 Å². The molecule has 0 aliphatic carbocycles. The number of hydrogen-bond donors (Lipinski definition) is 1. The van der Waals surface area contributed by atoms with Gasteiger partial charge in [-0.05, 0) is 12.8 Å². The van der Waals surface area contributed by atoms with Gasteiger partial charge in [0.25, 0.3) is 0 Å². The summed E-state index contributed by atoms with van der Waals surface area (Å²) in [6.07, 6.45) is 2.25. The highest BCUT2D eigenvalue weighted by atomic mass is 14.9. The molecule has 0 radical (unpaired) electrons. The number of hydrogen-bond acceptors (Lipinski definition) is 1. The Morgan fingerprint density at radius 1 is 2.00 bits per heavy atom. The summed E-state index contributed by atoms with van der Waals surface area (Å²) in [5.41, 5.74) is 1.33. The first-order valence-corrected chi connectivity index (χ1v) is 2.71. The van der Waals surface area contributed by atoms with Crippen LogP contribution in [0.2, 0.25) is 0 Å². The fourth-order valence-corrected chi connectivity index (χ4v) is 0.867. The molecule has 0 aromatic rings. The van der Waals surface area contributed by atoms with Crippen molar-refractivity contribution < 1.29 is 1.43 Å². The van der Waals surface area contributed by atoms with Gasteiger partial charge in [-0.2, -0.15) is 0 Å². The van der Waals surface area contributed by atoms with Crippen LogP contribution in [0.4, 0.5) is 0 Å². The van der Waals surface area contributed by atoms with E-state index in [4.69, 9.17) is 0 Å². The van der Waals surface area contributed by atoms with Gasteiger partial charge in [-0.25, -0.2) is 0 Å². The first-order chi connectivity index (χ1) is 3.29. The highest BCUT2D eigenvalue weighted by molar-refractivity contribution is 5.04. The van der Waals surface area contributed by atoms with Gasteiger partial charge in [-0.15, -0.1) is 0 Å². The third-order valence-corrected chi connectivity index (χ3v) is 1.24. The van der Waals surface area contributed by atoms with E-state index in [1.54, 1.807) is 0 Å². The highest BCUT2D eigenvalue weighted by Gasteiger charge is 2.03. The van der Waals surface area contributed by atoms with Crippen LogP contribution < -0.4 is 5.32 Å². The lowest BCUT2D eigenvalue weighted by Crippen LogP contribution is -2.07. The molecule has 0 spiro atoms. The van der Waals surface area contributed by atoms with Gasteiger partial charge in [-0.3, -0.25) is 0 Å². The molecular weight excluding hydrogens is 86.1 g/mol. The lowest BCUT2D eigenvalue weighted by Gasteiger charge is -1.93. The molecule has 1 unspecified atom stereocenters. The van der Waals surface area contributed by atoms with Crippen LogP contribution in [0.1, 0.15) is 15.3 Å². The Kier molecular flexibility index (Phi) is 1.05. The minimum absolute atomic E-state index is 0. The number of rotatable bonds is 0. The summed E-state index contributed by atoms with van der Waals surface area (Å²) < 4.78 is 0. The standard InChI is InChI=1S/C6H11N.H2/c1-5-3-6(2)7-4-5;/h3,5,7H,4H2,1-2H3;1H. The molecule has 1 aliphatic rings. The molecule has 0 saturated carbocycles. The van der Waals surface area contributed by atoms with Crippen molar-refractivity contribution in [1.82, 2.24) is 5.32 Å². The zero-order chi connectivity index (χ0) is 5.28. The first-order valence-electron chi connectivity index (χ1n) is 2.71. The van der Waals surface area contributed by atoms with Crippen LogP contribution in [0.3, 0.4) is 0 Å². The van der Waals surface area contributed by atoms with Crippen LogP contribution in [0.5, 0.6) is 0 Å². The molecule has 0 aromatic heterocycles. The van der Waals surface area contributed by atoms with Crippen LogP contribution in [0.25, 0.3) is 0 Å². The average Bonchev–Trinajstić information content (AvgIpc) is 1.87. The Morgan fingerprint density at radius 2 is 2.71 bits per heavy atom. The fourth-order valence-electron chi connectivity index (χ4n) is 0.867. The topological polar surface area (TPSA) is 12.0 Å². The summed E-state index contributed by atoms with van der Waals surface area (Å²) >= 11 is 0. The molecule has 42 valence electrons. The molecule has 1 rings (SSSR count). The van der Waals surface area contributed by atoms with Crippen molar-refractivity contribution in [2.45, 2.75) is 13.8 Å². The largest absolute Gasteiger partial charge is 0.388 e. The van der Waals surface area contributed by atoms with Gasteiger partial charge in [-0.1, -0.05) is 13.0 Å². The molecule has 1 nitrogen and oxygen atoms in total. The van der Waals surface area contributed by atoms with Gasteiger partial charge < -0.3 is 5.32 Å². The molecule has 1 N–H and O–H groups in total. The maximum absolute atomic E-state index is 3.23. The Hall–Kier alpha value is -0.460. The minimum Gasteiger partial charge on any atom is -0.388 e. The molecule has 0 saturated heterocycles. The Bertz CT molecular complexity index is 98.7.